The van der Waals surface area contributed by atoms with E-state index >= 15 is 0 Å². The quantitative estimate of drug-likeness (QED) is 0.812. The highest BCUT2D eigenvalue weighted by atomic mass is 35.5. The molecule has 0 unspecified atom stereocenters. The minimum absolute atomic E-state index is 0.855. The third-order valence-corrected chi connectivity index (χ3v) is 4.31. The van der Waals surface area contributed by atoms with Crippen LogP contribution >= 0.6 is 22.9 Å². The predicted molar refractivity (Wildman–Crippen MR) is 85.5 cm³/mol. The van der Waals surface area contributed by atoms with E-state index in [0.717, 1.165) is 24.0 Å². The average molecular weight is 295 g/mol. The first-order chi connectivity index (χ1) is 9.16. The summed E-state index contributed by atoms with van der Waals surface area (Å²) in [5.41, 5.74) is 2.61. The van der Waals surface area contributed by atoms with Gasteiger partial charge in [0.15, 0.2) is 0 Å². The average Bonchev–Trinajstić information content (AvgIpc) is 2.81. The minimum atomic E-state index is 0.855. The van der Waals surface area contributed by atoms with Gasteiger partial charge >= 0.3 is 0 Å². The molecule has 0 fully saturated rings. The van der Waals surface area contributed by atoms with E-state index in [1.165, 1.54) is 16.1 Å². The summed E-state index contributed by atoms with van der Waals surface area (Å²) in [6.45, 7) is 4.98. The fourth-order valence-electron chi connectivity index (χ4n) is 2.02. The van der Waals surface area contributed by atoms with Crippen LogP contribution in [0.4, 0.5) is 5.69 Å². The molecule has 2 rings (SSSR count). The van der Waals surface area contributed by atoms with Gasteiger partial charge in [-0.3, -0.25) is 0 Å². The largest absolute Gasteiger partial charge is 0.373 e. The molecule has 1 heterocycles. The number of anilines is 1. The van der Waals surface area contributed by atoms with E-state index in [-0.39, 0.29) is 0 Å². The minimum Gasteiger partial charge on any atom is -0.373 e. The molecule has 2 nitrogen and oxygen atoms in total. The number of para-hydroxylation sites is 1. The molecule has 0 saturated heterocycles. The van der Waals surface area contributed by atoms with Crippen LogP contribution in [0.3, 0.4) is 0 Å². The molecule has 0 aliphatic rings. The number of halogens is 1. The van der Waals surface area contributed by atoms with Gasteiger partial charge in [0, 0.05) is 37.2 Å². The zero-order valence-corrected chi connectivity index (χ0v) is 12.9. The number of thiophene rings is 1. The van der Waals surface area contributed by atoms with Gasteiger partial charge in [-0.2, -0.15) is 0 Å². The van der Waals surface area contributed by atoms with Crippen molar-refractivity contribution in [3.63, 3.8) is 0 Å². The Bertz CT molecular complexity index is 524. The van der Waals surface area contributed by atoms with Crippen LogP contribution in [-0.4, -0.2) is 20.1 Å². The van der Waals surface area contributed by atoms with Crippen molar-refractivity contribution in [3.8, 4) is 0 Å². The van der Waals surface area contributed by atoms with Crippen LogP contribution in [0, 0.1) is 6.92 Å². The van der Waals surface area contributed by atoms with Crippen LogP contribution in [0.15, 0.2) is 36.4 Å². The zero-order chi connectivity index (χ0) is 13.7. The van der Waals surface area contributed by atoms with Crippen molar-refractivity contribution in [2.45, 2.75) is 13.5 Å². The monoisotopic (exact) mass is 294 g/mol. The van der Waals surface area contributed by atoms with Crippen molar-refractivity contribution in [1.82, 2.24) is 5.32 Å². The van der Waals surface area contributed by atoms with Crippen LogP contribution in [0.1, 0.15) is 10.4 Å². The van der Waals surface area contributed by atoms with Crippen LogP contribution in [0.5, 0.6) is 0 Å². The van der Waals surface area contributed by atoms with Gasteiger partial charge < -0.3 is 10.2 Å². The van der Waals surface area contributed by atoms with Crippen LogP contribution < -0.4 is 10.2 Å². The molecular formula is C15H19ClN2S. The van der Waals surface area contributed by atoms with E-state index in [1.54, 1.807) is 11.3 Å². The Morgan fingerprint density at radius 3 is 2.68 bits per heavy atom. The molecule has 0 aliphatic heterocycles. The summed E-state index contributed by atoms with van der Waals surface area (Å²) in [7, 11) is 2.13. The lowest BCUT2D eigenvalue weighted by molar-refractivity contribution is 0.685. The third-order valence-electron chi connectivity index (χ3n) is 3.08. The summed E-state index contributed by atoms with van der Waals surface area (Å²) in [5, 5.41) is 3.45. The fraction of sp³-hybridized carbons (Fsp3) is 0.333. The molecule has 0 aliphatic carbocycles. The maximum Gasteiger partial charge on any atom is 0.0931 e. The number of hydrogen-bond acceptors (Lipinski definition) is 3. The second-order valence-corrected chi connectivity index (χ2v) is 6.39. The molecule has 0 spiro atoms. The van der Waals surface area contributed by atoms with Crippen molar-refractivity contribution in [1.29, 1.82) is 0 Å². The maximum atomic E-state index is 5.90. The molecule has 4 heteroatoms. The molecule has 0 bridgehead atoms. The second-order valence-electron chi connectivity index (χ2n) is 4.59. The smallest absolute Gasteiger partial charge is 0.0931 e. The molecule has 1 aromatic heterocycles. The number of nitrogens with zero attached hydrogens (tertiary/aromatic N) is 1. The molecule has 0 amide bonds. The summed E-state index contributed by atoms with van der Waals surface area (Å²) in [4.78, 5) is 3.56. The van der Waals surface area contributed by atoms with Crippen molar-refractivity contribution in [3.05, 3.63) is 51.2 Å². The van der Waals surface area contributed by atoms with Crippen molar-refractivity contribution < 1.29 is 0 Å². The molecule has 0 atom stereocenters. The molecule has 0 radical (unpaired) electrons. The normalized spacial score (nSPS) is 10.7. The van der Waals surface area contributed by atoms with Crippen molar-refractivity contribution in [2.75, 3.05) is 25.0 Å². The first-order valence-electron chi connectivity index (χ1n) is 6.38. The summed E-state index contributed by atoms with van der Waals surface area (Å²) >= 11 is 7.54. The van der Waals surface area contributed by atoms with Gasteiger partial charge in [-0.25, -0.2) is 0 Å². The Kier molecular flexibility index (Phi) is 5.25. The highest BCUT2D eigenvalue weighted by Gasteiger charge is 2.03. The first-order valence-corrected chi connectivity index (χ1v) is 7.58. The Morgan fingerprint density at radius 1 is 1.21 bits per heavy atom. The summed E-state index contributed by atoms with van der Waals surface area (Å²) in [6, 6.07) is 12.5. The number of hydrogen-bond donors (Lipinski definition) is 1. The number of nitrogens with one attached hydrogen (secondary N) is 1. The van der Waals surface area contributed by atoms with Gasteiger partial charge in [-0.1, -0.05) is 29.8 Å². The van der Waals surface area contributed by atoms with E-state index in [2.05, 4.69) is 54.5 Å². The summed E-state index contributed by atoms with van der Waals surface area (Å²) in [6.07, 6.45) is 0. The van der Waals surface area contributed by atoms with Gasteiger partial charge in [0.25, 0.3) is 0 Å². The Balaban J connectivity index is 1.75. The van der Waals surface area contributed by atoms with E-state index in [4.69, 9.17) is 11.6 Å². The van der Waals surface area contributed by atoms with Gasteiger partial charge in [-0.15, -0.1) is 11.3 Å². The van der Waals surface area contributed by atoms with E-state index < -0.39 is 0 Å². The van der Waals surface area contributed by atoms with Crippen molar-refractivity contribution in [2.24, 2.45) is 0 Å². The molecular weight excluding hydrogens is 276 g/mol. The van der Waals surface area contributed by atoms with Crippen LogP contribution in [0.2, 0.25) is 4.34 Å². The fourth-order valence-corrected chi connectivity index (χ4v) is 3.07. The van der Waals surface area contributed by atoms with Gasteiger partial charge in [0.1, 0.15) is 0 Å². The molecule has 102 valence electrons. The Labute approximate surface area is 124 Å². The van der Waals surface area contributed by atoms with Gasteiger partial charge in [0.05, 0.1) is 4.34 Å². The molecule has 2 aromatic rings. The molecule has 0 saturated carbocycles. The number of aryl methyl sites for hydroxylation is 1. The van der Waals surface area contributed by atoms with Gasteiger partial charge in [-0.05, 0) is 30.7 Å². The summed E-state index contributed by atoms with van der Waals surface area (Å²) in [5.74, 6) is 0. The SMILES string of the molecule is Cc1ccccc1N(C)CCNCc1ccc(Cl)s1. The zero-order valence-electron chi connectivity index (χ0n) is 11.3. The van der Waals surface area contributed by atoms with E-state index in [0.29, 0.717) is 0 Å². The third kappa shape index (κ3) is 4.23. The number of rotatable bonds is 6. The number of likely N-dealkylation sites (N-methyl/N-ethyl adjacent to an activating group) is 1. The molecule has 19 heavy (non-hydrogen) atoms. The summed E-state index contributed by atoms with van der Waals surface area (Å²) < 4.78 is 0.855. The number of benzene rings is 1. The van der Waals surface area contributed by atoms with Gasteiger partial charge in [0.2, 0.25) is 0 Å². The second kappa shape index (κ2) is 6.94. The van der Waals surface area contributed by atoms with Crippen LogP contribution in [0.25, 0.3) is 0 Å². The lowest BCUT2D eigenvalue weighted by Gasteiger charge is -2.21. The van der Waals surface area contributed by atoms with Crippen LogP contribution in [-0.2, 0) is 6.54 Å². The standard InChI is InChI=1S/C15H19ClN2S/c1-12-5-3-4-6-14(12)18(2)10-9-17-11-13-7-8-15(16)19-13/h3-8,17H,9-11H2,1-2H3. The van der Waals surface area contributed by atoms with Crippen molar-refractivity contribution >= 4 is 28.6 Å². The molecule has 1 aromatic carbocycles. The Hall–Kier alpha value is -1.03. The lowest BCUT2D eigenvalue weighted by atomic mass is 10.2. The first kappa shape index (κ1) is 14.4. The topological polar surface area (TPSA) is 15.3 Å². The highest BCUT2D eigenvalue weighted by Crippen LogP contribution is 2.21. The lowest BCUT2D eigenvalue weighted by Crippen LogP contribution is -2.29. The Morgan fingerprint density at radius 2 is 2.00 bits per heavy atom. The molecule has 1 N–H and O–H groups in total. The maximum absolute atomic E-state index is 5.90. The van der Waals surface area contributed by atoms with E-state index in [1.807, 2.05) is 6.07 Å². The van der Waals surface area contributed by atoms with E-state index in [9.17, 15) is 0 Å². The predicted octanol–water partition coefficient (Wildman–Crippen LogP) is 3.94. The highest BCUT2D eigenvalue weighted by molar-refractivity contribution is 7.16.